The largest absolute Gasteiger partial charge is 0.388 e. The molecule has 2 heteroatoms. The van der Waals surface area contributed by atoms with Crippen molar-refractivity contribution >= 4 is 0 Å². The lowest BCUT2D eigenvalue weighted by molar-refractivity contribution is -0.0640. The highest BCUT2D eigenvalue weighted by Crippen LogP contribution is 2.54. The molecule has 1 aliphatic carbocycles. The van der Waals surface area contributed by atoms with Gasteiger partial charge in [0.05, 0.1) is 12.2 Å². The molecular formula is C19H26O2. The summed E-state index contributed by atoms with van der Waals surface area (Å²) in [6.45, 7) is 10.1. The Hall–Kier alpha value is -1.38. The van der Waals surface area contributed by atoms with Gasteiger partial charge in [0.1, 0.15) is 0 Å². The predicted molar refractivity (Wildman–Crippen MR) is 86.8 cm³/mol. The molecule has 4 atom stereocenters. The molecule has 0 bridgehead atoms. The monoisotopic (exact) mass is 286 g/mol. The van der Waals surface area contributed by atoms with E-state index in [0.29, 0.717) is 0 Å². The molecule has 0 aliphatic heterocycles. The van der Waals surface area contributed by atoms with Gasteiger partial charge in [-0.2, -0.15) is 0 Å². The maximum atomic E-state index is 10.9. The van der Waals surface area contributed by atoms with Crippen molar-refractivity contribution in [2.45, 2.75) is 45.8 Å². The number of rotatable bonds is 4. The van der Waals surface area contributed by atoms with Gasteiger partial charge in [0, 0.05) is 11.3 Å². The average Bonchev–Trinajstić information content (AvgIpc) is 2.45. The molecule has 21 heavy (non-hydrogen) atoms. The summed E-state index contributed by atoms with van der Waals surface area (Å²) in [5, 5.41) is 21.6. The summed E-state index contributed by atoms with van der Waals surface area (Å²) in [6.07, 6.45) is 4.53. The fourth-order valence-electron chi connectivity index (χ4n) is 3.49. The molecule has 2 nitrogen and oxygen atoms in total. The number of hydrogen-bond acceptors (Lipinski definition) is 2. The maximum absolute atomic E-state index is 10.9. The van der Waals surface area contributed by atoms with Crippen molar-refractivity contribution < 1.29 is 10.2 Å². The van der Waals surface area contributed by atoms with Crippen molar-refractivity contribution in [3.05, 3.63) is 59.7 Å². The lowest BCUT2D eigenvalue weighted by Crippen LogP contribution is -2.41. The molecule has 1 aromatic rings. The Bertz CT molecular complexity index is 542. The highest BCUT2D eigenvalue weighted by Gasteiger charge is 2.48. The van der Waals surface area contributed by atoms with Crippen LogP contribution in [0.25, 0.3) is 0 Å². The zero-order valence-corrected chi connectivity index (χ0v) is 13.2. The number of aliphatic hydroxyl groups is 2. The number of fused-ring (bicyclic) bond motifs is 1. The summed E-state index contributed by atoms with van der Waals surface area (Å²) in [5.41, 5.74) is 2.55. The van der Waals surface area contributed by atoms with E-state index in [1.807, 2.05) is 24.3 Å². The van der Waals surface area contributed by atoms with Gasteiger partial charge in [-0.3, -0.25) is 0 Å². The van der Waals surface area contributed by atoms with E-state index < -0.39 is 17.6 Å². The summed E-state index contributed by atoms with van der Waals surface area (Å²) in [7, 11) is 0. The third-order valence-electron chi connectivity index (χ3n) is 4.83. The number of benzene rings is 1. The molecule has 0 amide bonds. The first-order chi connectivity index (χ1) is 9.91. The molecule has 1 aromatic carbocycles. The molecule has 2 rings (SSSR count). The molecule has 0 heterocycles. The Morgan fingerprint density at radius 1 is 1.24 bits per heavy atom. The van der Waals surface area contributed by atoms with E-state index in [1.165, 1.54) is 5.57 Å². The van der Waals surface area contributed by atoms with E-state index in [-0.39, 0.29) is 5.92 Å². The van der Waals surface area contributed by atoms with Gasteiger partial charge in [0.15, 0.2) is 0 Å². The van der Waals surface area contributed by atoms with E-state index in [0.717, 1.165) is 24.0 Å². The minimum Gasteiger partial charge on any atom is -0.388 e. The minimum atomic E-state index is -0.598. The molecule has 0 aromatic heterocycles. The third-order valence-corrected chi connectivity index (χ3v) is 4.83. The zero-order valence-electron chi connectivity index (χ0n) is 13.2. The summed E-state index contributed by atoms with van der Waals surface area (Å²) in [5.74, 6) is -0.145. The van der Waals surface area contributed by atoms with Crippen LogP contribution in [-0.2, 0) is 0 Å². The van der Waals surface area contributed by atoms with Crippen molar-refractivity contribution in [1.82, 2.24) is 0 Å². The first-order valence-corrected chi connectivity index (χ1v) is 7.62. The van der Waals surface area contributed by atoms with Crippen molar-refractivity contribution in [1.29, 1.82) is 0 Å². The average molecular weight is 286 g/mol. The van der Waals surface area contributed by atoms with Crippen LogP contribution in [0.15, 0.2) is 48.6 Å². The Morgan fingerprint density at radius 3 is 2.43 bits per heavy atom. The molecule has 1 aliphatic rings. The standard InChI is InChI=1S/C19H26O2/c1-5-16-17(20)14-10-6-7-11-15(14)18(21)19(16,4)12-8-9-13(2)3/h5-7,9-11,16-18,20-21H,1,8,12H2,2-4H3/t16-,17+,18-,19+/m0/s1. The summed E-state index contributed by atoms with van der Waals surface area (Å²) < 4.78 is 0. The molecular weight excluding hydrogens is 260 g/mol. The van der Waals surface area contributed by atoms with Gasteiger partial charge in [-0.1, -0.05) is 48.9 Å². The van der Waals surface area contributed by atoms with Gasteiger partial charge >= 0.3 is 0 Å². The molecule has 0 unspecified atom stereocenters. The van der Waals surface area contributed by atoms with Gasteiger partial charge in [0.25, 0.3) is 0 Å². The highest BCUT2D eigenvalue weighted by molar-refractivity contribution is 5.37. The van der Waals surface area contributed by atoms with Crippen LogP contribution >= 0.6 is 0 Å². The van der Waals surface area contributed by atoms with Crippen LogP contribution in [0.3, 0.4) is 0 Å². The molecule has 0 spiro atoms. The van der Waals surface area contributed by atoms with Crippen LogP contribution < -0.4 is 0 Å². The first kappa shape index (κ1) is 16.0. The molecule has 0 saturated heterocycles. The zero-order chi connectivity index (χ0) is 15.6. The second-order valence-electron chi connectivity index (χ2n) is 6.56. The van der Waals surface area contributed by atoms with Crippen LogP contribution in [-0.4, -0.2) is 10.2 Å². The van der Waals surface area contributed by atoms with Crippen molar-refractivity contribution in [2.75, 3.05) is 0 Å². The third kappa shape index (κ3) is 2.83. The number of aliphatic hydroxyl groups excluding tert-OH is 2. The molecule has 2 N–H and O–H groups in total. The summed E-state index contributed by atoms with van der Waals surface area (Å²) in [4.78, 5) is 0. The van der Waals surface area contributed by atoms with Crippen LogP contribution in [0.4, 0.5) is 0 Å². The van der Waals surface area contributed by atoms with Gasteiger partial charge < -0.3 is 10.2 Å². The van der Waals surface area contributed by atoms with Crippen LogP contribution in [0.1, 0.15) is 56.9 Å². The lowest BCUT2D eigenvalue weighted by Gasteiger charge is -2.47. The molecule has 0 radical (unpaired) electrons. The predicted octanol–water partition coefficient (Wildman–Crippen LogP) is 4.32. The molecule has 0 saturated carbocycles. The first-order valence-electron chi connectivity index (χ1n) is 7.62. The Morgan fingerprint density at radius 2 is 1.86 bits per heavy atom. The SMILES string of the molecule is C=C[C@H]1[C@H](O)c2ccccc2[C@H](O)[C@]1(C)CCC=C(C)C. The summed E-state index contributed by atoms with van der Waals surface area (Å²) in [6, 6.07) is 7.64. The van der Waals surface area contributed by atoms with Gasteiger partial charge in [-0.25, -0.2) is 0 Å². The van der Waals surface area contributed by atoms with Gasteiger partial charge in [-0.15, -0.1) is 6.58 Å². The Labute approximate surface area is 127 Å². The fraction of sp³-hybridized carbons (Fsp3) is 0.474. The van der Waals surface area contributed by atoms with Gasteiger partial charge in [-0.05, 0) is 37.8 Å². The fourth-order valence-corrected chi connectivity index (χ4v) is 3.49. The Kier molecular flexibility index (Phi) is 4.70. The van der Waals surface area contributed by atoms with E-state index in [4.69, 9.17) is 0 Å². The topological polar surface area (TPSA) is 40.5 Å². The van der Waals surface area contributed by atoms with Crippen molar-refractivity contribution in [3.63, 3.8) is 0 Å². The smallest absolute Gasteiger partial charge is 0.0862 e. The van der Waals surface area contributed by atoms with E-state index in [9.17, 15) is 10.2 Å². The van der Waals surface area contributed by atoms with Crippen molar-refractivity contribution in [2.24, 2.45) is 11.3 Å². The quantitative estimate of drug-likeness (QED) is 0.809. The molecule has 114 valence electrons. The summed E-state index contributed by atoms with van der Waals surface area (Å²) >= 11 is 0. The highest BCUT2D eigenvalue weighted by atomic mass is 16.3. The van der Waals surface area contributed by atoms with Crippen molar-refractivity contribution in [3.8, 4) is 0 Å². The second-order valence-corrected chi connectivity index (χ2v) is 6.56. The van der Waals surface area contributed by atoms with E-state index >= 15 is 0 Å². The van der Waals surface area contributed by atoms with Gasteiger partial charge in [0.2, 0.25) is 0 Å². The van der Waals surface area contributed by atoms with E-state index in [1.54, 1.807) is 6.08 Å². The van der Waals surface area contributed by atoms with Crippen LogP contribution in [0.5, 0.6) is 0 Å². The molecule has 0 fully saturated rings. The normalized spacial score (nSPS) is 31.4. The Balaban J connectivity index is 2.40. The maximum Gasteiger partial charge on any atom is 0.0862 e. The lowest BCUT2D eigenvalue weighted by atomic mass is 9.60. The minimum absolute atomic E-state index is 0.145. The van der Waals surface area contributed by atoms with Crippen LogP contribution in [0, 0.1) is 11.3 Å². The second kappa shape index (κ2) is 6.17. The number of hydrogen-bond donors (Lipinski definition) is 2. The van der Waals surface area contributed by atoms with Crippen LogP contribution in [0.2, 0.25) is 0 Å². The van der Waals surface area contributed by atoms with E-state index in [2.05, 4.69) is 33.4 Å². The number of allylic oxidation sites excluding steroid dienone is 2.